The number of ketones is 1. The van der Waals surface area contributed by atoms with E-state index < -0.39 is 21.4 Å². The van der Waals surface area contributed by atoms with Gasteiger partial charge < -0.3 is 9.52 Å². The summed E-state index contributed by atoms with van der Waals surface area (Å²) >= 11 is 5.74. The molecular formula is C15H10ClN3O5S. The molecule has 0 fully saturated rings. The van der Waals surface area contributed by atoms with Crippen molar-refractivity contribution in [2.45, 2.75) is 9.79 Å². The van der Waals surface area contributed by atoms with Gasteiger partial charge >= 0.3 is 0 Å². The van der Waals surface area contributed by atoms with Crippen molar-refractivity contribution in [1.82, 2.24) is 15.2 Å². The summed E-state index contributed by atoms with van der Waals surface area (Å²) in [6.45, 7) is 0. The number of aliphatic hydroxyl groups is 1. The second-order valence-corrected chi connectivity index (χ2v) is 7.22. The zero-order valence-corrected chi connectivity index (χ0v) is 14.0. The van der Waals surface area contributed by atoms with Crippen LogP contribution in [0.3, 0.4) is 0 Å². The number of aliphatic hydroxyl groups excluding tert-OH is 1. The van der Waals surface area contributed by atoms with Gasteiger partial charge in [0.15, 0.2) is 17.3 Å². The molecule has 0 aliphatic heterocycles. The zero-order valence-electron chi connectivity index (χ0n) is 12.4. The molecular weight excluding hydrogens is 370 g/mol. The van der Waals surface area contributed by atoms with Crippen LogP contribution in [0.4, 0.5) is 0 Å². The Balaban J connectivity index is 1.88. The second-order valence-electron chi connectivity index (χ2n) is 4.83. The van der Waals surface area contributed by atoms with E-state index in [0.29, 0.717) is 5.02 Å². The lowest BCUT2D eigenvalue weighted by Gasteiger charge is -2.00. The Morgan fingerprint density at radius 3 is 2.60 bits per heavy atom. The van der Waals surface area contributed by atoms with Gasteiger partial charge in [0.25, 0.3) is 0 Å². The molecule has 128 valence electrons. The average molecular weight is 380 g/mol. The van der Waals surface area contributed by atoms with E-state index in [1.165, 1.54) is 24.3 Å². The first kappa shape index (κ1) is 16.9. The molecule has 10 heteroatoms. The highest BCUT2D eigenvalue weighted by molar-refractivity contribution is 7.91. The maximum atomic E-state index is 12.5. The number of furan rings is 1. The van der Waals surface area contributed by atoms with Crippen molar-refractivity contribution < 1.29 is 22.7 Å². The van der Waals surface area contributed by atoms with E-state index in [4.69, 9.17) is 16.0 Å². The van der Waals surface area contributed by atoms with Crippen LogP contribution in [0.5, 0.6) is 0 Å². The molecule has 0 aliphatic carbocycles. The average Bonchev–Trinajstić information content (AvgIpc) is 3.27. The van der Waals surface area contributed by atoms with Gasteiger partial charge in [-0.15, -0.1) is 0 Å². The largest absolute Gasteiger partial charge is 0.504 e. The van der Waals surface area contributed by atoms with Gasteiger partial charge in [0.1, 0.15) is 17.5 Å². The number of halogens is 1. The molecule has 0 aliphatic rings. The lowest BCUT2D eigenvalue weighted by Crippen LogP contribution is -2.00. The standard InChI is InChI=1S/C15H10ClN3O5S/c16-9-1-3-10(4-2-9)25(22,23)11-5-14(24-7-11)12(20)6-13(21)15-17-8-18-19-15/h1-8,21H,(H,17,18,19). The molecule has 0 bridgehead atoms. The predicted molar refractivity (Wildman–Crippen MR) is 86.9 cm³/mol. The maximum Gasteiger partial charge on any atom is 0.224 e. The fourth-order valence-corrected chi connectivity index (χ4v) is 3.26. The van der Waals surface area contributed by atoms with Crippen LogP contribution in [0.15, 0.2) is 63.2 Å². The second kappa shape index (κ2) is 6.54. The third kappa shape index (κ3) is 3.47. The summed E-state index contributed by atoms with van der Waals surface area (Å²) in [5, 5.41) is 16.1. The molecule has 0 spiro atoms. The molecule has 2 heterocycles. The molecule has 0 unspecified atom stereocenters. The first-order valence-electron chi connectivity index (χ1n) is 6.78. The third-order valence-electron chi connectivity index (χ3n) is 3.18. The van der Waals surface area contributed by atoms with Crippen molar-refractivity contribution in [3.63, 3.8) is 0 Å². The SMILES string of the molecule is O=C(C=C(O)c1ncn[nH]1)c1cc(S(=O)(=O)c2ccc(Cl)cc2)co1. The number of rotatable bonds is 5. The Kier molecular flexibility index (Phi) is 4.43. The molecule has 0 atom stereocenters. The fourth-order valence-electron chi connectivity index (χ4n) is 1.93. The third-order valence-corrected chi connectivity index (χ3v) is 5.16. The van der Waals surface area contributed by atoms with Crippen LogP contribution >= 0.6 is 11.6 Å². The normalized spacial score (nSPS) is 12.3. The number of hydrogen-bond donors (Lipinski definition) is 2. The van der Waals surface area contributed by atoms with Crippen LogP contribution in [0.25, 0.3) is 5.76 Å². The summed E-state index contributed by atoms with van der Waals surface area (Å²) in [5.41, 5.74) is 0. The molecule has 1 aromatic carbocycles. The van der Waals surface area contributed by atoms with Crippen molar-refractivity contribution >= 4 is 33.0 Å². The minimum atomic E-state index is -3.86. The summed E-state index contributed by atoms with van der Waals surface area (Å²) in [5.74, 6) is -1.44. The Labute approximate surface area is 146 Å². The fraction of sp³-hybridized carbons (Fsp3) is 0. The van der Waals surface area contributed by atoms with Gasteiger partial charge in [0, 0.05) is 17.2 Å². The van der Waals surface area contributed by atoms with E-state index in [1.807, 2.05) is 0 Å². The molecule has 0 saturated carbocycles. The molecule has 0 saturated heterocycles. The van der Waals surface area contributed by atoms with Gasteiger partial charge in [0.05, 0.1) is 4.90 Å². The molecule has 8 nitrogen and oxygen atoms in total. The summed E-state index contributed by atoms with van der Waals surface area (Å²) in [6, 6.07) is 6.66. The van der Waals surface area contributed by atoms with Crippen LogP contribution in [0.1, 0.15) is 16.4 Å². The van der Waals surface area contributed by atoms with Crippen LogP contribution in [0.2, 0.25) is 5.02 Å². The lowest BCUT2D eigenvalue weighted by atomic mass is 10.2. The highest BCUT2D eigenvalue weighted by Crippen LogP contribution is 2.24. The lowest BCUT2D eigenvalue weighted by molar-refractivity contribution is 0.102. The first-order valence-corrected chi connectivity index (χ1v) is 8.64. The number of nitrogens with zero attached hydrogens (tertiary/aromatic N) is 2. The number of sulfone groups is 1. The van der Waals surface area contributed by atoms with Gasteiger partial charge in [-0.25, -0.2) is 13.4 Å². The topological polar surface area (TPSA) is 126 Å². The maximum absolute atomic E-state index is 12.5. The first-order chi connectivity index (χ1) is 11.9. The quantitative estimate of drug-likeness (QED) is 0.396. The Bertz CT molecular complexity index is 1040. The van der Waals surface area contributed by atoms with Crippen LogP contribution < -0.4 is 0 Å². The summed E-state index contributed by atoms with van der Waals surface area (Å²) in [6.07, 6.45) is 2.96. The summed E-state index contributed by atoms with van der Waals surface area (Å²) < 4.78 is 30.0. The van der Waals surface area contributed by atoms with Gasteiger partial charge in [-0.2, -0.15) is 5.10 Å². The number of carbonyl (C=O) groups is 1. The van der Waals surface area contributed by atoms with Crippen molar-refractivity contribution in [1.29, 1.82) is 0 Å². The number of allylic oxidation sites excluding steroid dienone is 1. The van der Waals surface area contributed by atoms with Gasteiger partial charge in [0.2, 0.25) is 15.6 Å². The highest BCUT2D eigenvalue weighted by Gasteiger charge is 2.22. The Hall–Kier alpha value is -2.91. The number of nitrogens with one attached hydrogen (secondary N) is 1. The molecule has 0 amide bonds. The molecule has 3 rings (SSSR count). The summed E-state index contributed by atoms with van der Waals surface area (Å²) in [4.78, 5) is 15.6. The number of H-pyrrole nitrogens is 1. The zero-order chi connectivity index (χ0) is 18.0. The number of benzene rings is 1. The molecule has 25 heavy (non-hydrogen) atoms. The van der Waals surface area contributed by atoms with E-state index in [9.17, 15) is 18.3 Å². The number of aromatic amines is 1. The summed E-state index contributed by atoms with van der Waals surface area (Å²) in [7, 11) is -3.86. The predicted octanol–water partition coefficient (Wildman–Crippen LogP) is 2.67. The van der Waals surface area contributed by atoms with E-state index in [1.54, 1.807) is 0 Å². The van der Waals surface area contributed by atoms with Crippen molar-refractivity contribution in [3.8, 4) is 0 Å². The van der Waals surface area contributed by atoms with Crippen molar-refractivity contribution in [3.05, 3.63) is 65.6 Å². The van der Waals surface area contributed by atoms with Gasteiger partial charge in [-0.3, -0.25) is 9.89 Å². The highest BCUT2D eigenvalue weighted by atomic mass is 35.5. The monoisotopic (exact) mass is 379 g/mol. The molecule has 2 aromatic heterocycles. The van der Waals surface area contributed by atoms with E-state index in [2.05, 4.69) is 15.2 Å². The molecule has 0 radical (unpaired) electrons. The van der Waals surface area contributed by atoms with Crippen LogP contribution in [-0.4, -0.2) is 34.5 Å². The minimum absolute atomic E-state index is 0.00563. The van der Waals surface area contributed by atoms with Crippen LogP contribution in [-0.2, 0) is 9.84 Å². The minimum Gasteiger partial charge on any atom is -0.504 e. The van der Waals surface area contributed by atoms with Crippen molar-refractivity contribution in [2.75, 3.05) is 0 Å². The Morgan fingerprint density at radius 2 is 1.96 bits per heavy atom. The number of aromatic nitrogens is 3. The van der Waals surface area contributed by atoms with Crippen LogP contribution in [0, 0.1) is 0 Å². The van der Waals surface area contributed by atoms with E-state index in [-0.39, 0.29) is 21.4 Å². The molecule has 2 N–H and O–H groups in total. The number of hydrogen-bond acceptors (Lipinski definition) is 7. The smallest absolute Gasteiger partial charge is 0.224 e. The van der Waals surface area contributed by atoms with Crippen molar-refractivity contribution in [2.24, 2.45) is 0 Å². The molecule has 3 aromatic rings. The van der Waals surface area contributed by atoms with E-state index >= 15 is 0 Å². The Morgan fingerprint density at radius 1 is 1.24 bits per heavy atom. The van der Waals surface area contributed by atoms with Gasteiger partial charge in [-0.1, -0.05) is 11.6 Å². The van der Waals surface area contributed by atoms with E-state index in [0.717, 1.165) is 24.7 Å². The number of carbonyl (C=O) groups excluding carboxylic acids is 1. The van der Waals surface area contributed by atoms with Gasteiger partial charge in [-0.05, 0) is 24.3 Å².